The van der Waals surface area contributed by atoms with Crippen LogP contribution < -0.4 is 18.9 Å². The maximum Gasteiger partial charge on any atom is 1.00 e. The van der Waals surface area contributed by atoms with Gasteiger partial charge in [-0.25, -0.2) is 9.59 Å². The van der Waals surface area contributed by atoms with Gasteiger partial charge in [0.05, 0.1) is 5.56 Å². The van der Waals surface area contributed by atoms with Crippen LogP contribution >= 0.6 is 0 Å². The third-order valence-electron chi connectivity index (χ3n) is 1.94. The first-order chi connectivity index (χ1) is 9.20. The van der Waals surface area contributed by atoms with Gasteiger partial charge in [-0.1, -0.05) is 18.2 Å². The molecule has 2 aromatic carbocycles. The molecule has 0 aliphatic carbocycles. The number of aliphatic carboxylic acids is 1. The molecule has 2 aromatic rings. The molecule has 98 valence electrons. The summed E-state index contributed by atoms with van der Waals surface area (Å²) in [6.07, 6.45) is 0. The first-order valence-electron chi connectivity index (χ1n) is 5.55. The number of carboxylic acid groups (broad SMARTS) is 1. The molecule has 2 rings (SSSR count). The minimum atomic E-state index is -1.16. The summed E-state index contributed by atoms with van der Waals surface area (Å²) < 4.78 is 4.45. The molecule has 20 heavy (non-hydrogen) atoms. The van der Waals surface area contributed by atoms with E-state index in [2.05, 4.69) is 10.8 Å². The summed E-state index contributed by atoms with van der Waals surface area (Å²) in [7, 11) is 0. The molecule has 0 spiro atoms. The van der Waals surface area contributed by atoms with E-state index >= 15 is 0 Å². The minimum absolute atomic E-state index is 0. The first kappa shape index (κ1) is 18.0. The van der Waals surface area contributed by atoms with Crippen molar-refractivity contribution >= 4 is 11.9 Å². The zero-order valence-corrected chi connectivity index (χ0v) is 11.2. The molecule has 1 N–H and O–H groups in total. The molecule has 0 saturated heterocycles. The largest absolute Gasteiger partial charge is 1.00 e. The number of hydrogen-bond donors (Lipinski definition) is 1. The van der Waals surface area contributed by atoms with Crippen molar-refractivity contribution < 1.29 is 38.3 Å². The van der Waals surface area contributed by atoms with E-state index in [1.807, 2.05) is 30.3 Å². The number of carbonyl (C=O) groups excluding carboxylic acids is 1. The zero-order chi connectivity index (χ0) is 13.9. The van der Waals surface area contributed by atoms with Gasteiger partial charge in [0.15, 0.2) is 6.61 Å². The fourth-order valence-corrected chi connectivity index (χ4v) is 1.13. The van der Waals surface area contributed by atoms with E-state index in [1.54, 1.807) is 30.3 Å². The van der Waals surface area contributed by atoms with Gasteiger partial charge in [0.25, 0.3) is 0 Å². The SMILES string of the molecule is O=C(O)COC(=O)c1ccccc1.[Li+].[c-]1ccccc1. The third-order valence-corrected chi connectivity index (χ3v) is 1.94. The molecule has 5 heteroatoms. The van der Waals surface area contributed by atoms with Crippen LogP contribution in [0.25, 0.3) is 0 Å². The molecule has 0 radical (unpaired) electrons. The Hall–Kier alpha value is -2.02. The van der Waals surface area contributed by atoms with E-state index < -0.39 is 18.5 Å². The summed E-state index contributed by atoms with van der Waals surface area (Å²) >= 11 is 0. The number of carbonyl (C=O) groups is 2. The van der Waals surface area contributed by atoms with E-state index in [0.29, 0.717) is 5.56 Å². The van der Waals surface area contributed by atoms with Crippen molar-refractivity contribution in [1.82, 2.24) is 0 Å². The van der Waals surface area contributed by atoms with Gasteiger partial charge in [0.2, 0.25) is 0 Å². The molecule has 0 atom stereocenters. The standard InChI is InChI=1S/C9H8O4.C6H5.Li/c10-8(11)6-13-9(12)7-4-2-1-3-5-7;1-2-4-6-5-3-1;/h1-5H,6H2,(H,10,11);1-5H;/q;-1;+1. The molecule has 0 saturated carbocycles. The fraction of sp³-hybridized carbons (Fsp3) is 0.0667. The van der Waals surface area contributed by atoms with Gasteiger partial charge in [0.1, 0.15) is 0 Å². The van der Waals surface area contributed by atoms with Gasteiger partial charge < -0.3 is 9.84 Å². The Kier molecular flexibility index (Phi) is 9.76. The van der Waals surface area contributed by atoms with Crippen molar-refractivity contribution in [1.29, 1.82) is 0 Å². The van der Waals surface area contributed by atoms with Crippen LogP contribution in [-0.2, 0) is 9.53 Å². The van der Waals surface area contributed by atoms with Crippen molar-refractivity contribution in [3.63, 3.8) is 0 Å². The topological polar surface area (TPSA) is 63.6 Å². The zero-order valence-electron chi connectivity index (χ0n) is 11.2. The molecule has 0 unspecified atom stereocenters. The smallest absolute Gasteiger partial charge is 0.479 e. The molecule has 4 nitrogen and oxygen atoms in total. The van der Waals surface area contributed by atoms with E-state index in [1.165, 1.54) is 0 Å². The summed E-state index contributed by atoms with van der Waals surface area (Å²) in [5.74, 6) is -1.78. The Bertz CT molecular complexity index is 473. The third kappa shape index (κ3) is 8.14. The van der Waals surface area contributed by atoms with Crippen molar-refractivity contribution in [3.8, 4) is 0 Å². The van der Waals surface area contributed by atoms with Gasteiger partial charge in [-0.05, 0) is 12.1 Å². The second-order valence-electron chi connectivity index (χ2n) is 3.41. The van der Waals surface area contributed by atoms with Gasteiger partial charge >= 0.3 is 30.8 Å². The second kappa shape index (κ2) is 10.9. The van der Waals surface area contributed by atoms with Crippen LogP contribution in [0.2, 0.25) is 0 Å². The van der Waals surface area contributed by atoms with Crippen molar-refractivity contribution in [2.45, 2.75) is 0 Å². The van der Waals surface area contributed by atoms with E-state index in [-0.39, 0.29) is 18.9 Å². The number of ether oxygens (including phenoxy) is 1. The predicted molar refractivity (Wildman–Crippen MR) is 69.6 cm³/mol. The molecule has 0 aromatic heterocycles. The second-order valence-corrected chi connectivity index (χ2v) is 3.41. The van der Waals surface area contributed by atoms with Crippen LogP contribution in [0, 0.1) is 6.07 Å². The molecular weight excluding hydrogens is 251 g/mol. The Morgan fingerprint density at radius 3 is 1.95 bits per heavy atom. The fourth-order valence-electron chi connectivity index (χ4n) is 1.13. The summed E-state index contributed by atoms with van der Waals surface area (Å²) in [4.78, 5) is 21.1. The maximum atomic E-state index is 11.1. The Morgan fingerprint density at radius 1 is 1.00 bits per heavy atom. The average molecular weight is 264 g/mol. The molecule has 0 amide bonds. The van der Waals surface area contributed by atoms with Crippen LogP contribution in [0.5, 0.6) is 0 Å². The van der Waals surface area contributed by atoms with E-state index in [9.17, 15) is 9.59 Å². The Balaban J connectivity index is 0.000000434. The quantitative estimate of drug-likeness (QED) is 0.457. The van der Waals surface area contributed by atoms with Crippen LogP contribution in [0.3, 0.4) is 0 Å². The molecule has 0 aliphatic heterocycles. The number of esters is 1. The normalized spacial score (nSPS) is 8.40. The van der Waals surface area contributed by atoms with Crippen LogP contribution in [0.1, 0.15) is 10.4 Å². The maximum absolute atomic E-state index is 11.1. The van der Waals surface area contributed by atoms with E-state index in [0.717, 1.165) is 0 Å². The predicted octanol–water partition coefficient (Wildman–Crippen LogP) is -0.581. The molecule has 0 bridgehead atoms. The van der Waals surface area contributed by atoms with Crippen LogP contribution in [0.4, 0.5) is 0 Å². The Labute approximate surface area is 129 Å². The van der Waals surface area contributed by atoms with Crippen molar-refractivity contribution in [3.05, 3.63) is 72.3 Å². The molecular formula is C15H13LiO4. The minimum Gasteiger partial charge on any atom is -0.479 e. The number of carboxylic acids is 1. The number of rotatable bonds is 3. The van der Waals surface area contributed by atoms with Gasteiger partial charge in [-0.3, -0.25) is 0 Å². The summed E-state index contributed by atoms with van der Waals surface area (Å²) in [6.45, 7) is -0.603. The average Bonchev–Trinajstić information content (AvgIpc) is 2.48. The Morgan fingerprint density at radius 2 is 1.55 bits per heavy atom. The van der Waals surface area contributed by atoms with Crippen molar-refractivity contribution in [2.24, 2.45) is 0 Å². The molecule has 0 aliphatic rings. The first-order valence-corrected chi connectivity index (χ1v) is 5.55. The number of benzene rings is 2. The van der Waals surface area contributed by atoms with Crippen LogP contribution in [0.15, 0.2) is 60.7 Å². The van der Waals surface area contributed by atoms with Gasteiger partial charge in [-0.2, -0.15) is 36.4 Å². The monoisotopic (exact) mass is 264 g/mol. The molecule has 0 fully saturated rings. The number of hydrogen-bond acceptors (Lipinski definition) is 3. The summed E-state index contributed by atoms with van der Waals surface area (Å²) in [5, 5.41) is 8.23. The van der Waals surface area contributed by atoms with E-state index in [4.69, 9.17) is 5.11 Å². The summed E-state index contributed by atoms with van der Waals surface area (Å²) in [5.41, 5.74) is 0.351. The van der Waals surface area contributed by atoms with Crippen molar-refractivity contribution in [2.75, 3.05) is 6.61 Å². The summed E-state index contributed by atoms with van der Waals surface area (Å²) in [6, 6.07) is 20.7. The van der Waals surface area contributed by atoms with Gasteiger partial charge in [0, 0.05) is 0 Å². The van der Waals surface area contributed by atoms with Crippen LogP contribution in [-0.4, -0.2) is 23.7 Å². The van der Waals surface area contributed by atoms with Gasteiger partial charge in [-0.15, -0.1) is 0 Å². The molecule has 0 heterocycles.